The SMILES string of the molecule is Cc1ccc(SCCC(=O)N2CCC(C(C)O)C2)cc1. The van der Waals surface area contributed by atoms with Crippen LogP contribution in [-0.2, 0) is 4.79 Å². The van der Waals surface area contributed by atoms with Crippen LogP contribution in [0.2, 0.25) is 0 Å². The lowest BCUT2D eigenvalue weighted by Crippen LogP contribution is -2.30. The number of aliphatic hydroxyl groups is 1. The molecular weight excluding hydrogens is 270 g/mol. The van der Waals surface area contributed by atoms with Gasteiger partial charge in [0.25, 0.3) is 0 Å². The molecule has 1 aliphatic heterocycles. The van der Waals surface area contributed by atoms with Gasteiger partial charge in [-0.25, -0.2) is 0 Å². The molecule has 1 heterocycles. The third-order valence-corrected chi connectivity index (χ3v) is 4.88. The molecule has 1 fully saturated rings. The van der Waals surface area contributed by atoms with Gasteiger partial charge in [-0.05, 0) is 32.4 Å². The van der Waals surface area contributed by atoms with Gasteiger partial charge >= 0.3 is 0 Å². The molecule has 0 radical (unpaired) electrons. The first-order valence-corrected chi connectivity index (χ1v) is 8.20. The lowest BCUT2D eigenvalue weighted by Gasteiger charge is -2.17. The number of amides is 1. The third kappa shape index (κ3) is 4.25. The summed E-state index contributed by atoms with van der Waals surface area (Å²) in [5, 5.41) is 9.56. The van der Waals surface area contributed by atoms with Crippen LogP contribution in [0, 0.1) is 12.8 Å². The standard InChI is InChI=1S/C16H23NO2S/c1-12-3-5-15(6-4-12)20-10-8-16(19)17-9-7-14(11-17)13(2)18/h3-6,13-14,18H,7-11H2,1-2H3. The van der Waals surface area contributed by atoms with Gasteiger partial charge in [0.15, 0.2) is 0 Å². The van der Waals surface area contributed by atoms with E-state index in [2.05, 4.69) is 31.2 Å². The molecule has 1 N–H and O–H groups in total. The minimum atomic E-state index is -0.310. The predicted octanol–water partition coefficient (Wildman–Crippen LogP) is 2.71. The zero-order valence-corrected chi connectivity index (χ0v) is 13.0. The average Bonchev–Trinajstić information content (AvgIpc) is 2.91. The normalized spacial score (nSPS) is 20.1. The van der Waals surface area contributed by atoms with Crippen molar-refractivity contribution in [2.75, 3.05) is 18.8 Å². The summed E-state index contributed by atoms with van der Waals surface area (Å²) in [5.41, 5.74) is 1.26. The molecule has 2 atom stereocenters. The molecule has 0 spiro atoms. The minimum Gasteiger partial charge on any atom is -0.393 e. The number of carbonyl (C=O) groups excluding carboxylic acids is 1. The summed E-state index contributed by atoms with van der Waals surface area (Å²) in [6, 6.07) is 8.39. The summed E-state index contributed by atoms with van der Waals surface area (Å²) in [6.45, 7) is 5.39. The monoisotopic (exact) mass is 293 g/mol. The summed E-state index contributed by atoms with van der Waals surface area (Å²) in [6.07, 6.45) is 1.19. The highest BCUT2D eigenvalue weighted by molar-refractivity contribution is 7.99. The summed E-state index contributed by atoms with van der Waals surface area (Å²) < 4.78 is 0. The van der Waals surface area contributed by atoms with Crippen LogP contribution in [0.1, 0.15) is 25.3 Å². The molecule has 4 heteroatoms. The molecule has 2 rings (SSSR count). The van der Waals surface area contributed by atoms with Crippen molar-refractivity contribution in [1.29, 1.82) is 0 Å². The Morgan fingerprint density at radius 3 is 2.75 bits per heavy atom. The largest absolute Gasteiger partial charge is 0.393 e. The van der Waals surface area contributed by atoms with Gasteiger partial charge < -0.3 is 10.0 Å². The molecule has 0 aromatic heterocycles. The van der Waals surface area contributed by atoms with Crippen molar-refractivity contribution in [3.05, 3.63) is 29.8 Å². The van der Waals surface area contributed by atoms with Crippen molar-refractivity contribution in [2.45, 2.75) is 37.7 Å². The fourth-order valence-corrected chi connectivity index (χ4v) is 3.30. The molecule has 1 amide bonds. The van der Waals surface area contributed by atoms with Gasteiger partial charge in [-0.2, -0.15) is 0 Å². The molecule has 0 saturated carbocycles. The number of likely N-dealkylation sites (tertiary alicyclic amines) is 1. The highest BCUT2D eigenvalue weighted by Gasteiger charge is 2.28. The van der Waals surface area contributed by atoms with Crippen molar-refractivity contribution in [3.8, 4) is 0 Å². The van der Waals surface area contributed by atoms with Crippen molar-refractivity contribution >= 4 is 17.7 Å². The molecular formula is C16H23NO2S. The number of carbonyl (C=O) groups is 1. The lowest BCUT2D eigenvalue weighted by atomic mass is 10.0. The van der Waals surface area contributed by atoms with Crippen LogP contribution >= 0.6 is 11.8 Å². The van der Waals surface area contributed by atoms with Crippen molar-refractivity contribution in [3.63, 3.8) is 0 Å². The third-order valence-electron chi connectivity index (χ3n) is 3.87. The zero-order valence-electron chi connectivity index (χ0n) is 12.2. The molecule has 3 nitrogen and oxygen atoms in total. The van der Waals surface area contributed by atoms with E-state index in [1.165, 1.54) is 10.5 Å². The van der Waals surface area contributed by atoms with Gasteiger partial charge in [0.05, 0.1) is 6.10 Å². The van der Waals surface area contributed by atoms with E-state index >= 15 is 0 Å². The van der Waals surface area contributed by atoms with E-state index in [-0.39, 0.29) is 17.9 Å². The minimum absolute atomic E-state index is 0.216. The fourth-order valence-electron chi connectivity index (χ4n) is 2.46. The molecule has 0 aliphatic carbocycles. The number of hydrogen-bond acceptors (Lipinski definition) is 3. The van der Waals surface area contributed by atoms with Gasteiger partial charge in [0.1, 0.15) is 0 Å². The zero-order chi connectivity index (χ0) is 14.5. The molecule has 110 valence electrons. The fraction of sp³-hybridized carbons (Fsp3) is 0.562. The Labute approximate surface area is 125 Å². The van der Waals surface area contributed by atoms with Crippen LogP contribution in [0.5, 0.6) is 0 Å². The predicted molar refractivity (Wildman–Crippen MR) is 82.9 cm³/mol. The number of benzene rings is 1. The molecule has 1 saturated heterocycles. The maximum Gasteiger partial charge on any atom is 0.223 e. The van der Waals surface area contributed by atoms with E-state index < -0.39 is 0 Å². The van der Waals surface area contributed by atoms with Crippen molar-refractivity contribution < 1.29 is 9.90 Å². The van der Waals surface area contributed by atoms with E-state index in [9.17, 15) is 9.90 Å². The van der Waals surface area contributed by atoms with Crippen LogP contribution in [0.15, 0.2) is 29.2 Å². The van der Waals surface area contributed by atoms with Gasteiger partial charge in [0, 0.05) is 36.1 Å². The number of rotatable bonds is 5. The first-order chi connectivity index (χ1) is 9.56. The van der Waals surface area contributed by atoms with Crippen LogP contribution < -0.4 is 0 Å². The van der Waals surface area contributed by atoms with E-state index in [1.807, 2.05) is 11.8 Å². The molecule has 1 aliphatic rings. The maximum absolute atomic E-state index is 12.1. The molecule has 1 aromatic carbocycles. The Balaban J connectivity index is 1.72. The van der Waals surface area contributed by atoms with Gasteiger partial charge in [-0.3, -0.25) is 4.79 Å². The second kappa shape index (κ2) is 7.14. The summed E-state index contributed by atoms with van der Waals surface area (Å²) >= 11 is 1.73. The number of hydrogen-bond donors (Lipinski definition) is 1. The molecule has 20 heavy (non-hydrogen) atoms. The van der Waals surface area contributed by atoms with Crippen LogP contribution in [0.25, 0.3) is 0 Å². The first kappa shape index (κ1) is 15.4. The maximum atomic E-state index is 12.1. The number of aryl methyl sites for hydroxylation is 1. The van der Waals surface area contributed by atoms with Crippen molar-refractivity contribution in [2.24, 2.45) is 5.92 Å². The van der Waals surface area contributed by atoms with Crippen LogP contribution in [0.4, 0.5) is 0 Å². The molecule has 2 unspecified atom stereocenters. The van der Waals surface area contributed by atoms with Gasteiger partial charge in [-0.15, -0.1) is 11.8 Å². The van der Waals surface area contributed by atoms with Crippen molar-refractivity contribution in [1.82, 2.24) is 4.90 Å². The van der Waals surface area contributed by atoms with Gasteiger partial charge in [-0.1, -0.05) is 17.7 Å². The molecule has 0 bridgehead atoms. The molecule has 1 aromatic rings. The topological polar surface area (TPSA) is 40.5 Å². The average molecular weight is 293 g/mol. The second-order valence-corrected chi connectivity index (χ2v) is 6.71. The van der Waals surface area contributed by atoms with E-state index in [0.29, 0.717) is 13.0 Å². The first-order valence-electron chi connectivity index (χ1n) is 7.21. The van der Waals surface area contributed by atoms with Crippen LogP contribution in [0.3, 0.4) is 0 Å². The summed E-state index contributed by atoms with van der Waals surface area (Å²) in [7, 11) is 0. The quantitative estimate of drug-likeness (QED) is 0.849. The highest BCUT2D eigenvalue weighted by Crippen LogP contribution is 2.22. The van der Waals surface area contributed by atoms with E-state index in [0.717, 1.165) is 18.7 Å². The Kier molecular flexibility index (Phi) is 5.49. The number of thioether (sulfide) groups is 1. The Hall–Kier alpha value is -1.00. The Morgan fingerprint density at radius 1 is 1.45 bits per heavy atom. The van der Waals surface area contributed by atoms with E-state index in [1.54, 1.807) is 11.8 Å². The second-order valence-electron chi connectivity index (χ2n) is 5.54. The van der Waals surface area contributed by atoms with Gasteiger partial charge in [0.2, 0.25) is 5.91 Å². The summed E-state index contributed by atoms with van der Waals surface area (Å²) in [5.74, 6) is 1.29. The Bertz CT molecular complexity index is 444. The lowest BCUT2D eigenvalue weighted by molar-refractivity contribution is -0.129. The number of aliphatic hydroxyl groups excluding tert-OH is 1. The van der Waals surface area contributed by atoms with Crippen LogP contribution in [-0.4, -0.2) is 40.9 Å². The van der Waals surface area contributed by atoms with E-state index in [4.69, 9.17) is 0 Å². The number of nitrogens with zero attached hydrogens (tertiary/aromatic N) is 1. The highest BCUT2D eigenvalue weighted by atomic mass is 32.2. The smallest absolute Gasteiger partial charge is 0.223 e. The summed E-state index contributed by atoms with van der Waals surface area (Å²) in [4.78, 5) is 15.2. The Morgan fingerprint density at radius 2 is 2.15 bits per heavy atom.